The molecule has 1 aromatic carbocycles. The second-order valence-corrected chi connectivity index (χ2v) is 4.47. The third-order valence-corrected chi connectivity index (χ3v) is 2.94. The molecule has 4 heteroatoms. The van der Waals surface area contributed by atoms with E-state index in [0.29, 0.717) is 12.0 Å². The van der Waals surface area contributed by atoms with Crippen LogP contribution in [0.4, 0.5) is 0 Å². The van der Waals surface area contributed by atoms with Gasteiger partial charge in [-0.05, 0) is 18.6 Å². The molecule has 0 radical (unpaired) electrons. The first-order valence-electron chi connectivity index (χ1n) is 6.51. The van der Waals surface area contributed by atoms with Crippen molar-refractivity contribution >= 4 is 41.3 Å². The number of benzene rings is 1. The van der Waals surface area contributed by atoms with Crippen LogP contribution in [-0.2, 0) is 0 Å². The Labute approximate surface area is 136 Å². The van der Waals surface area contributed by atoms with Gasteiger partial charge in [0.2, 0.25) is 0 Å². The molecular formula is C15H21NaO3. The van der Waals surface area contributed by atoms with Gasteiger partial charge in [-0.15, -0.1) is 0 Å². The van der Waals surface area contributed by atoms with Crippen LogP contribution in [-0.4, -0.2) is 46.4 Å². The SMILES string of the molecule is CCCCCCCC(=O)c1cccc(C(=O)O)c1.[NaH]. The summed E-state index contributed by atoms with van der Waals surface area (Å²) in [5.74, 6) is -0.956. The molecule has 0 bridgehead atoms. The molecule has 0 saturated heterocycles. The van der Waals surface area contributed by atoms with E-state index < -0.39 is 5.97 Å². The van der Waals surface area contributed by atoms with Gasteiger partial charge in [-0.2, -0.15) is 0 Å². The molecule has 0 atom stereocenters. The zero-order valence-corrected chi connectivity index (χ0v) is 10.8. The Kier molecular flexibility index (Phi) is 9.84. The Balaban J connectivity index is 0.00000324. The van der Waals surface area contributed by atoms with Crippen molar-refractivity contribution in [2.45, 2.75) is 45.4 Å². The van der Waals surface area contributed by atoms with Crippen molar-refractivity contribution in [2.24, 2.45) is 0 Å². The maximum atomic E-state index is 11.9. The van der Waals surface area contributed by atoms with Crippen LogP contribution in [0.5, 0.6) is 0 Å². The minimum atomic E-state index is -0.993. The summed E-state index contributed by atoms with van der Waals surface area (Å²) < 4.78 is 0. The standard InChI is InChI=1S/C15H20O3.Na.H/c1-2-3-4-5-6-10-14(16)12-8-7-9-13(11-12)15(17)18;;/h7-9,11H,2-6,10H2,1H3,(H,17,18);;. The number of Topliss-reactive ketones (excluding diaryl/α,β-unsaturated/α-hetero) is 1. The Morgan fingerprint density at radius 3 is 2.32 bits per heavy atom. The van der Waals surface area contributed by atoms with Crippen LogP contribution in [0.2, 0.25) is 0 Å². The molecule has 0 saturated carbocycles. The van der Waals surface area contributed by atoms with Crippen LogP contribution in [0, 0.1) is 0 Å². The summed E-state index contributed by atoms with van der Waals surface area (Å²) >= 11 is 0. The number of ketones is 1. The van der Waals surface area contributed by atoms with Crippen LogP contribution in [0.3, 0.4) is 0 Å². The number of carbonyl (C=O) groups is 2. The zero-order valence-electron chi connectivity index (χ0n) is 10.8. The van der Waals surface area contributed by atoms with Crippen molar-refractivity contribution in [3.05, 3.63) is 35.4 Å². The summed E-state index contributed by atoms with van der Waals surface area (Å²) in [5, 5.41) is 8.85. The number of unbranched alkanes of at least 4 members (excludes halogenated alkanes) is 4. The summed E-state index contributed by atoms with van der Waals surface area (Å²) in [5.41, 5.74) is 0.678. The van der Waals surface area contributed by atoms with Gasteiger partial charge >= 0.3 is 35.5 Å². The first-order chi connectivity index (χ1) is 8.65. The van der Waals surface area contributed by atoms with Crippen molar-refractivity contribution in [3.63, 3.8) is 0 Å². The van der Waals surface area contributed by atoms with E-state index in [1.807, 2.05) is 0 Å². The number of rotatable bonds is 8. The Bertz CT molecular complexity index is 416. The monoisotopic (exact) mass is 272 g/mol. The summed E-state index contributed by atoms with van der Waals surface area (Å²) in [6, 6.07) is 6.26. The Morgan fingerprint density at radius 1 is 1.05 bits per heavy atom. The van der Waals surface area contributed by atoms with Gasteiger partial charge in [0.1, 0.15) is 0 Å². The van der Waals surface area contributed by atoms with Gasteiger partial charge in [-0.1, -0.05) is 44.7 Å². The number of hydrogen-bond donors (Lipinski definition) is 1. The van der Waals surface area contributed by atoms with Crippen LogP contribution in [0.1, 0.15) is 66.2 Å². The molecule has 19 heavy (non-hydrogen) atoms. The van der Waals surface area contributed by atoms with Crippen molar-refractivity contribution < 1.29 is 14.7 Å². The molecule has 0 aliphatic rings. The van der Waals surface area contributed by atoms with E-state index in [9.17, 15) is 9.59 Å². The van der Waals surface area contributed by atoms with Crippen LogP contribution < -0.4 is 0 Å². The van der Waals surface area contributed by atoms with Crippen molar-refractivity contribution in [1.82, 2.24) is 0 Å². The first kappa shape index (κ1) is 18.4. The van der Waals surface area contributed by atoms with E-state index in [-0.39, 0.29) is 40.9 Å². The fourth-order valence-corrected chi connectivity index (χ4v) is 1.86. The summed E-state index contributed by atoms with van der Waals surface area (Å²) in [6.07, 6.45) is 6.03. The average Bonchev–Trinajstić information content (AvgIpc) is 2.38. The quantitative estimate of drug-likeness (QED) is 0.449. The second-order valence-electron chi connectivity index (χ2n) is 4.47. The number of carboxylic acids is 1. The van der Waals surface area contributed by atoms with Crippen molar-refractivity contribution in [1.29, 1.82) is 0 Å². The number of hydrogen-bond acceptors (Lipinski definition) is 2. The molecule has 0 heterocycles. The second kappa shape index (κ2) is 10.2. The predicted octanol–water partition coefficient (Wildman–Crippen LogP) is 3.28. The van der Waals surface area contributed by atoms with Gasteiger partial charge in [-0.3, -0.25) is 4.79 Å². The minimum absolute atomic E-state index is 0. The number of carboxylic acid groups (broad SMARTS) is 1. The molecule has 0 spiro atoms. The summed E-state index contributed by atoms with van der Waals surface area (Å²) in [6.45, 7) is 2.16. The average molecular weight is 272 g/mol. The van der Waals surface area contributed by atoms with E-state index in [1.165, 1.54) is 31.4 Å². The van der Waals surface area contributed by atoms with E-state index in [0.717, 1.165) is 12.8 Å². The van der Waals surface area contributed by atoms with E-state index in [2.05, 4.69) is 6.92 Å². The molecule has 1 N–H and O–H groups in total. The van der Waals surface area contributed by atoms with E-state index in [1.54, 1.807) is 12.1 Å². The third kappa shape index (κ3) is 6.90. The molecule has 3 nitrogen and oxygen atoms in total. The first-order valence-corrected chi connectivity index (χ1v) is 6.51. The molecular weight excluding hydrogens is 251 g/mol. The molecule has 0 amide bonds. The summed E-state index contributed by atoms with van der Waals surface area (Å²) in [4.78, 5) is 22.7. The normalized spacial score (nSPS) is 9.74. The molecule has 1 aromatic rings. The molecule has 0 aromatic heterocycles. The van der Waals surface area contributed by atoms with E-state index in [4.69, 9.17) is 5.11 Å². The van der Waals surface area contributed by atoms with Crippen molar-refractivity contribution in [3.8, 4) is 0 Å². The fraction of sp³-hybridized carbons (Fsp3) is 0.467. The maximum absolute atomic E-state index is 11.9. The zero-order chi connectivity index (χ0) is 13.4. The molecule has 0 fully saturated rings. The molecule has 1 rings (SSSR count). The Hall–Kier alpha value is -0.640. The summed E-state index contributed by atoms with van der Waals surface area (Å²) in [7, 11) is 0. The topological polar surface area (TPSA) is 54.4 Å². The van der Waals surface area contributed by atoms with Gasteiger partial charge < -0.3 is 5.11 Å². The van der Waals surface area contributed by atoms with Gasteiger partial charge in [0.05, 0.1) is 5.56 Å². The fourth-order valence-electron chi connectivity index (χ4n) is 1.86. The molecule has 0 aliphatic carbocycles. The third-order valence-electron chi connectivity index (χ3n) is 2.94. The van der Waals surface area contributed by atoms with Gasteiger partial charge in [0, 0.05) is 12.0 Å². The molecule has 100 valence electrons. The van der Waals surface area contributed by atoms with Crippen molar-refractivity contribution in [2.75, 3.05) is 0 Å². The Morgan fingerprint density at radius 2 is 1.68 bits per heavy atom. The molecule has 0 aliphatic heterocycles. The van der Waals surface area contributed by atoms with Gasteiger partial charge in [0.25, 0.3) is 0 Å². The van der Waals surface area contributed by atoms with E-state index >= 15 is 0 Å². The van der Waals surface area contributed by atoms with Gasteiger partial charge in [-0.25, -0.2) is 4.79 Å². The van der Waals surface area contributed by atoms with Crippen LogP contribution in [0.15, 0.2) is 24.3 Å². The van der Waals surface area contributed by atoms with Crippen LogP contribution in [0.25, 0.3) is 0 Å². The van der Waals surface area contributed by atoms with Crippen LogP contribution >= 0.6 is 0 Å². The number of aromatic carboxylic acids is 1. The number of carbonyl (C=O) groups excluding carboxylic acids is 1. The van der Waals surface area contributed by atoms with Gasteiger partial charge in [0.15, 0.2) is 5.78 Å². The predicted molar refractivity (Wildman–Crippen MR) is 78.3 cm³/mol. The molecule has 0 unspecified atom stereocenters.